The largest absolute Gasteiger partial charge is 0.309 e. The Kier molecular flexibility index (Phi) is 5.68. The highest BCUT2D eigenvalue weighted by atomic mass is 35.5. The SMILES string of the molecule is CSC1CCCCC1NCc1c(Cl)cccc1Cl. The van der Waals surface area contributed by atoms with Crippen LogP contribution in [0.4, 0.5) is 0 Å². The average Bonchev–Trinajstić information content (AvgIpc) is 2.38. The Balaban J connectivity index is 1.98. The number of benzene rings is 1. The molecule has 0 bridgehead atoms. The van der Waals surface area contributed by atoms with Crippen molar-refractivity contribution < 1.29 is 0 Å². The molecule has 0 heterocycles. The van der Waals surface area contributed by atoms with Gasteiger partial charge in [-0.1, -0.05) is 42.1 Å². The molecule has 1 saturated carbocycles. The minimum absolute atomic E-state index is 0.584. The van der Waals surface area contributed by atoms with Gasteiger partial charge in [-0.25, -0.2) is 0 Å². The van der Waals surface area contributed by atoms with Crippen LogP contribution in [-0.2, 0) is 6.54 Å². The molecule has 1 nitrogen and oxygen atoms in total. The zero-order chi connectivity index (χ0) is 13.0. The fourth-order valence-corrected chi connectivity index (χ4v) is 4.04. The molecule has 2 unspecified atom stereocenters. The van der Waals surface area contributed by atoms with Gasteiger partial charge in [0.2, 0.25) is 0 Å². The Bertz CT molecular complexity index is 377. The van der Waals surface area contributed by atoms with Crippen molar-refractivity contribution in [3.63, 3.8) is 0 Å². The summed E-state index contributed by atoms with van der Waals surface area (Å²) in [4.78, 5) is 0. The standard InChI is InChI=1S/C14H19Cl2NS/c1-18-14-8-3-2-7-13(14)17-9-10-11(15)5-4-6-12(10)16/h4-6,13-14,17H,2-3,7-9H2,1H3. The van der Waals surface area contributed by atoms with Crippen LogP contribution in [0.25, 0.3) is 0 Å². The molecule has 1 N–H and O–H groups in total. The fraction of sp³-hybridized carbons (Fsp3) is 0.571. The van der Waals surface area contributed by atoms with Crippen LogP contribution in [0, 0.1) is 0 Å². The summed E-state index contributed by atoms with van der Waals surface area (Å²) < 4.78 is 0. The van der Waals surface area contributed by atoms with E-state index in [0.717, 1.165) is 27.4 Å². The first-order valence-corrected chi connectivity index (χ1v) is 8.46. The highest BCUT2D eigenvalue weighted by Gasteiger charge is 2.24. The molecule has 18 heavy (non-hydrogen) atoms. The third-order valence-electron chi connectivity index (χ3n) is 3.61. The van der Waals surface area contributed by atoms with Crippen LogP contribution in [0.2, 0.25) is 10.0 Å². The monoisotopic (exact) mass is 303 g/mol. The van der Waals surface area contributed by atoms with Crippen LogP contribution < -0.4 is 5.32 Å². The number of thioether (sulfide) groups is 1. The van der Waals surface area contributed by atoms with Crippen molar-refractivity contribution >= 4 is 35.0 Å². The lowest BCUT2D eigenvalue weighted by Gasteiger charge is -2.31. The molecule has 1 aliphatic carbocycles. The molecular weight excluding hydrogens is 285 g/mol. The molecule has 100 valence electrons. The van der Waals surface area contributed by atoms with E-state index in [1.165, 1.54) is 25.7 Å². The molecule has 1 aromatic carbocycles. The van der Waals surface area contributed by atoms with Gasteiger partial charge in [-0.15, -0.1) is 0 Å². The van der Waals surface area contributed by atoms with Gasteiger partial charge in [-0.2, -0.15) is 11.8 Å². The van der Waals surface area contributed by atoms with E-state index >= 15 is 0 Å². The maximum Gasteiger partial charge on any atom is 0.0465 e. The lowest BCUT2D eigenvalue weighted by molar-refractivity contribution is 0.383. The second-order valence-electron chi connectivity index (χ2n) is 4.75. The summed E-state index contributed by atoms with van der Waals surface area (Å²) in [6.07, 6.45) is 7.46. The number of nitrogens with one attached hydrogen (secondary N) is 1. The number of hydrogen-bond acceptors (Lipinski definition) is 2. The predicted octanol–water partition coefficient (Wildman–Crippen LogP) is 4.76. The van der Waals surface area contributed by atoms with E-state index in [-0.39, 0.29) is 0 Å². The van der Waals surface area contributed by atoms with Crippen LogP contribution in [0.15, 0.2) is 18.2 Å². The summed E-state index contributed by atoms with van der Waals surface area (Å²) in [6.45, 7) is 0.764. The van der Waals surface area contributed by atoms with Crippen molar-refractivity contribution in [1.82, 2.24) is 5.32 Å². The molecule has 0 saturated heterocycles. The van der Waals surface area contributed by atoms with Crippen molar-refractivity contribution in [2.75, 3.05) is 6.26 Å². The van der Waals surface area contributed by atoms with Gasteiger partial charge in [-0.3, -0.25) is 0 Å². The van der Waals surface area contributed by atoms with Gasteiger partial charge in [0, 0.05) is 33.4 Å². The van der Waals surface area contributed by atoms with Crippen LogP contribution >= 0.6 is 35.0 Å². The van der Waals surface area contributed by atoms with E-state index in [0.29, 0.717) is 6.04 Å². The predicted molar refractivity (Wildman–Crippen MR) is 82.9 cm³/mol. The van der Waals surface area contributed by atoms with Gasteiger partial charge in [-0.05, 0) is 31.2 Å². The van der Waals surface area contributed by atoms with Gasteiger partial charge in [0.05, 0.1) is 0 Å². The van der Waals surface area contributed by atoms with Gasteiger partial charge in [0.15, 0.2) is 0 Å². The van der Waals surface area contributed by atoms with E-state index in [2.05, 4.69) is 11.6 Å². The highest BCUT2D eigenvalue weighted by Crippen LogP contribution is 2.29. The van der Waals surface area contributed by atoms with Crippen molar-refractivity contribution in [1.29, 1.82) is 0 Å². The molecule has 1 fully saturated rings. The first-order valence-electron chi connectivity index (χ1n) is 6.41. The number of rotatable bonds is 4. The van der Waals surface area contributed by atoms with Crippen molar-refractivity contribution in [3.05, 3.63) is 33.8 Å². The van der Waals surface area contributed by atoms with Crippen molar-refractivity contribution in [3.8, 4) is 0 Å². The Hall–Kier alpha value is 0.110. The van der Waals surface area contributed by atoms with Gasteiger partial charge < -0.3 is 5.32 Å². The molecule has 1 aromatic rings. The van der Waals surface area contributed by atoms with Crippen LogP contribution in [0.1, 0.15) is 31.2 Å². The smallest absolute Gasteiger partial charge is 0.0465 e. The molecule has 0 spiro atoms. The van der Waals surface area contributed by atoms with E-state index < -0.39 is 0 Å². The maximum atomic E-state index is 6.19. The summed E-state index contributed by atoms with van der Waals surface area (Å²) in [5.41, 5.74) is 1.02. The molecule has 0 radical (unpaired) electrons. The van der Waals surface area contributed by atoms with Crippen LogP contribution in [0.5, 0.6) is 0 Å². The third-order valence-corrected chi connectivity index (χ3v) is 5.49. The average molecular weight is 304 g/mol. The Morgan fingerprint density at radius 1 is 1.22 bits per heavy atom. The maximum absolute atomic E-state index is 6.19. The van der Waals surface area contributed by atoms with E-state index in [9.17, 15) is 0 Å². The number of halogens is 2. The van der Waals surface area contributed by atoms with Gasteiger partial charge in [0.1, 0.15) is 0 Å². The first-order chi connectivity index (χ1) is 8.72. The summed E-state index contributed by atoms with van der Waals surface area (Å²) in [5, 5.41) is 5.87. The zero-order valence-electron chi connectivity index (χ0n) is 10.6. The topological polar surface area (TPSA) is 12.0 Å². The minimum atomic E-state index is 0.584. The van der Waals surface area contributed by atoms with Crippen molar-refractivity contribution in [2.24, 2.45) is 0 Å². The molecule has 0 aliphatic heterocycles. The van der Waals surface area contributed by atoms with Gasteiger partial charge in [0.25, 0.3) is 0 Å². The first kappa shape index (κ1) is 14.5. The van der Waals surface area contributed by atoms with Gasteiger partial charge >= 0.3 is 0 Å². The minimum Gasteiger partial charge on any atom is -0.309 e. The van der Waals surface area contributed by atoms with E-state index in [4.69, 9.17) is 23.2 Å². The summed E-state index contributed by atoms with van der Waals surface area (Å²) in [7, 11) is 0. The zero-order valence-corrected chi connectivity index (χ0v) is 12.9. The molecule has 1 aliphatic rings. The molecule has 2 rings (SSSR count). The quantitative estimate of drug-likeness (QED) is 0.861. The Morgan fingerprint density at radius 2 is 1.89 bits per heavy atom. The highest BCUT2D eigenvalue weighted by molar-refractivity contribution is 7.99. The lowest BCUT2D eigenvalue weighted by Crippen LogP contribution is -2.40. The molecular formula is C14H19Cl2NS. The second-order valence-corrected chi connectivity index (χ2v) is 6.64. The normalized spacial score (nSPS) is 24.2. The molecule has 4 heteroatoms. The van der Waals surface area contributed by atoms with Crippen LogP contribution in [-0.4, -0.2) is 17.5 Å². The lowest BCUT2D eigenvalue weighted by atomic mass is 9.94. The van der Waals surface area contributed by atoms with Crippen LogP contribution in [0.3, 0.4) is 0 Å². The second kappa shape index (κ2) is 7.04. The molecule has 0 aromatic heterocycles. The third kappa shape index (κ3) is 3.57. The summed E-state index contributed by atoms with van der Waals surface area (Å²) >= 11 is 14.3. The van der Waals surface area contributed by atoms with Crippen molar-refractivity contribution in [2.45, 2.75) is 43.5 Å². The summed E-state index contributed by atoms with van der Waals surface area (Å²) in [5.74, 6) is 0. The summed E-state index contributed by atoms with van der Waals surface area (Å²) in [6, 6.07) is 6.27. The van der Waals surface area contributed by atoms with E-state index in [1.54, 1.807) is 0 Å². The fourth-order valence-electron chi connectivity index (χ4n) is 2.55. The number of hydrogen-bond donors (Lipinski definition) is 1. The van der Waals surface area contributed by atoms with E-state index in [1.807, 2.05) is 30.0 Å². The Labute approximate surface area is 124 Å². The molecule has 0 amide bonds. The Morgan fingerprint density at radius 3 is 2.56 bits per heavy atom. The molecule has 2 atom stereocenters.